The maximum atomic E-state index is 11.9. The molecule has 3 rings (SSSR count). The molecule has 0 spiro atoms. The van der Waals surface area contributed by atoms with E-state index in [1.54, 1.807) is 6.33 Å². The van der Waals surface area contributed by atoms with Crippen LogP contribution >= 0.6 is 0 Å². The Balaban J connectivity index is 1.62. The number of aromatic amines is 2. The lowest BCUT2D eigenvalue weighted by molar-refractivity contribution is 0.0944. The Morgan fingerprint density at radius 1 is 1.25 bits per heavy atom. The Labute approximate surface area is 114 Å². The molecular formula is C12H13N7O. The van der Waals surface area contributed by atoms with Crippen molar-refractivity contribution >= 4 is 17.1 Å². The number of fused-ring (bicyclic) bond motifs is 1. The van der Waals surface area contributed by atoms with Gasteiger partial charge in [0.1, 0.15) is 5.52 Å². The van der Waals surface area contributed by atoms with Gasteiger partial charge in [0.25, 0.3) is 5.91 Å². The number of rotatable bonds is 4. The van der Waals surface area contributed by atoms with Crippen LogP contribution in [0.25, 0.3) is 11.2 Å². The largest absolute Gasteiger partial charge is 0.349 e. The van der Waals surface area contributed by atoms with E-state index in [1.165, 1.54) is 12.5 Å². The number of hydrogen-bond donors (Lipinski definition) is 3. The molecule has 0 aliphatic heterocycles. The van der Waals surface area contributed by atoms with Crippen molar-refractivity contribution in [2.45, 2.75) is 13.3 Å². The number of carbonyl (C=O) groups excluding carboxylic acids is 1. The molecule has 0 atom stereocenters. The quantitative estimate of drug-likeness (QED) is 0.634. The van der Waals surface area contributed by atoms with Crippen molar-refractivity contribution in [3.8, 4) is 0 Å². The number of nitrogens with zero attached hydrogens (tertiary/aromatic N) is 4. The molecule has 0 bridgehead atoms. The molecule has 0 aromatic carbocycles. The van der Waals surface area contributed by atoms with Gasteiger partial charge in [-0.2, -0.15) is 0 Å². The zero-order chi connectivity index (χ0) is 13.9. The topological polar surface area (TPSA) is 112 Å². The second kappa shape index (κ2) is 5.08. The van der Waals surface area contributed by atoms with Crippen LogP contribution < -0.4 is 5.32 Å². The summed E-state index contributed by atoms with van der Waals surface area (Å²) in [5.74, 6) is -0.185. The van der Waals surface area contributed by atoms with Crippen molar-refractivity contribution in [2.24, 2.45) is 0 Å². The van der Waals surface area contributed by atoms with Gasteiger partial charge in [-0.05, 0) is 6.92 Å². The second-order valence-electron chi connectivity index (χ2n) is 4.31. The SMILES string of the molecule is Cc1[nH]cnc1CCNC(=O)c1ncc2nc[nH]c2n1. The summed E-state index contributed by atoms with van der Waals surface area (Å²) < 4.78 is 0. The third-order valence-corrected chi connectivity index (χ3v) is 2.96. The van der Waals surface area contributed by atoms with Crippen LogP contribution in [-0.4, -0.2) is 42.4 Å². The Morgan fingerprint density at radius 3 is 2.90 bits per heavy atom. The van der Waals surface area contributed by atoms with Gasteiger partial charge in [0.15, 0.2) is 5.65 Å². The van der Waals surface area contributed by atoms with Crippen molar-refractivity contribution in [3.63, 3.8) is 0 Å². The molecule has 0 fully saturated rings. The minimum absolute atomic E-state index is 0.125. The normalized spacial score (nSPS) is 10.8. The lowest BCUT2D eigenvalue weighted by Gasteiger charge is -2.03. The molecule has 3 heterocycles. The molecule has 0 aliphatic carbocycles. The first-order chi connectivity index (χ1) is 9.74. The molecule has 102 valence electrons. The first-order valence-corrected chi connectivity index (χ1v) is 6.17. The molecule has 3 aromatic rings. The molecule has 3 aromatic heterocycles. The van der Waals surface area contributed by atoms with E-state index >= 15 is 0 Å². The molecule has 1 amide bonds. The van der Waals surface area contributed by atoms with Crippen LogP contribution in [0.15, 0.2) is 18.9 Å². The Bertz CT molecular complexity index is 745. The Kier molecular flexibility index (Phi) is 3.12. The molecule has 8 heteroatoms. The molecule has 3 N–H and O–H groups in total. The van der Waals surface area contributed by atoms with E-state index in [0.717, 1.165) is 11.4 Å². The van der Waals surface area contributed by atoms with E-state index in [2.05, 4.69) is 35.2 Å². The first-order valence-electron chi connectivity index (χ1n) is 6.17. The predicted molar refractivity (Wildman–Crippen MR) is 71.0 cm³/mol. The minimum atomic E-state index is -0.310. The van der Waals surface area contributed by atoms with Gasteiger partial charge < -0.3 is 15.3 Å². The Hall–Kier alpha value is -2.77. The lowest BCUT2D eigenvalue weighted by atomic mass is 10.2. The maximum Gasteiger partial charge on any atom is 0.289 e. The van der Waals surface area contributed by atoms with Crippen molar-refractivity contribution in [2.75, 3.05) is 6.54 Å². The van der Waals surface area contributed by atoms with Gasteiger partial charge >= 0.3 is 0 Å². The summed E-state index contributed by atoms with van der Waals surface area (Å²) in [7, 11) is 0. The monoisotopic (exact) mass is 271 g/mol. The van der Waals surface area contributed by atoms with Gasteiger partial charge in [0.2, 0.25) is 5.82 Å². The van der Waals surface area contributed by atoms with Crippen LogP contribution in [0.3, 0.4) is 0 Å². The molecule has 0 saturated carbocycles. The number of hydrogen-bond acceptors (Lipinski definition) is 5. The fraction of sp³-hybridized carbons (Fsp3) is 0.250. The molecule has 8 nitrogen and oxygen atoms in total. The molecule has 20 heavy (non-hydrogen) atoms. The molecular weight excluding hydrogens is 258 g/mol. The molecule has 0 unspecified atom stereocenters. The van der Waals surface area contributed by atoms with Gasteiger partial charge in [0, 0.05) is 18.7 Å². The Morgan fingerprint density at radius 2 is 2.10 bits per heavy atom. The minimum Gasteiger partial charge on any atom is -0.349 e. The van der Waals surface area contributed by atoms with Crippen molar-refractivity contribution in [1.29, 1.82) is 0 Å². The van der Waals surface area contributed by atoms with E-state index in [0.29, 0.717) is 24.1 Å². The van der Waals surface area contributed by atoms with Gasteiger partial charge in [0.05, 0.1) is 24.5 Å². The van der Waals surface area contributed by atoms with E-state index in [-0.39, 0.29) is 11.7 Å². The zero-order valence-corrected chi connectivity index (χ0v) is 10.8. The summed E-state index contributed by atoms with van der Waals surface area (Å²) in [6.45, 7) is 2.42. The number of amides is 1. The van der Waals surface area contributed by atoms with Gasteiger partial charge in [-0.1, -0.05) is 0 Å². The van der Waals surface area contributed by atoms with Gasteiger partial charge in [-0.3, -0.25) is 4.79 Å². The number of nitrogens with one attached hydrogen (secondary N) is 3. The smallest absolute Gasteiger partial charge is 0.289 e. The van der Waals surface area contributed by atoms with Crippen molar-refractivity contribution in [3.05, 3.63) is 36.1 Å². The van der Waals surface area contributed by atoms with Gasteiger partial charge in [-0.15, -0.1) is 0 Å². The lowest BCUT2D eigenvalue weighted by Crippen LogP contribution is -2.27. The number of aromatic nitrogens is 6. The van der Waals surface area contributed by atoms with Crippen LogP contribution in [0.2, 0.25) is 0 Å². The average Bonchev–Trinajstić information content (AvgIpc) is 3.07. The summed E-state index contributed by atoms with van der Waals surface area (Å²) in [5.41, 5.74) is 3.13. The van der Waals surface area contributed by atoms with Crippen LogP contribution in [-0.2, 0) is 6.42 Å². The summed E-state index contributed by atoms with van der Waals surface area (Å²) in [6, 6.07) is 0. The second-order valence-corrected chi connectivity index (χ2v) is 4.31. The highest BCUT2D eigenvalue weighted by Crippen LogP contribution is 2.04. The van der Waals surface area contributed by atoms with E-state index in [9.17, 15) is 4.79 Å². The van der Waals surface area contributed by atoms with Crippen LogP contribution in [0.5, 0.6) is 0 Å². The number of aryl methyl sites for hydroxylation is 1. The third-order valence-electron chi connectivity index (χ3n) is 2.96. The van der Waals surface area contributed by atoms with E-state index in [4.69, 9.17) is 0 Å². The molecule has 0 radical (unpaired) electrons. The van der Waals surface area contributed by atoms with Crippen LogP contribution in [0.1, 0.15) is 22.0 Å². The standard InChI is InChI=1S/C12H13N7O/c1-7-8(16-5-15-7)2-3-13-12(20)11-14-4-9-10(19-11)18-6-17-9/h4-6H,2-3H2,1H3,(H,13,20)(H,15,16)(H,14,17,18,19). The van der Waals surface area contributed by atoms with Crippen molar-refractivity contribution < 1.29 is 4.79 Å². The highest BCUT2D eigenvalue weighted by Gasteiger charge is 2.11. The maximum absolute atomic E-state index is 11.9. The van der Waals surface area contributed by atoms with Crippen LogP contribution in [0, 0.1) is 6.92 Å². The van der Waals surface area contributed by atoms with Gasteiger partial charge in [-0.25, -0.2) is 19.9 Å². The summed E-state index contributed by atoms with van der Waals surface area (Å²) in [5, 5.41) is 2.77. The molecule has 0 saturated heterocycles. The molecule has 0 aliphatic rings. The van der Waals surface area contributed by atoms with Crippen LogP contribution in [0.4, 0.5) is 0 Å². The highest BCUT2D eigenvalue weighted by molar-refractivity contribution is 5.91. The van der Waals surface area contributed by atoms with E-state index in [1.807, 2.05) is 6.92 Å². The number of carbonyl (C=O) groups is 1. The summed E-state index contributed by atoms with van der Waals surface area (Å²) >= 11 is 0. The highest BCUT2D eigenvalue weighted by atomic mass is 16.2. The fourth-order valence-corrected chi connectivity index (χ4v) is 1.86. The number of imidazole rings is 2. The average molecular weight is 271 g/mol. The zero-order valence-electron chi connectivity index (χ0n) is 10.8. The first kappa shape index (κ1) is 12.3. The summed E-state index contributed by atoms with van der Waals surface area (Å²) in [4.78, 5) is 34.0. The summed E-state index contributed by atoms with van der Waals surface area (Å²) in [6.07, 6.45) is 5.34. The van der Waals surface area contributed by atoms with E-state index < -0.39 is 0 Å². The number of H-pyrrole nitrogens is 2. The van der Waals surface area contributed by atoms with Crippen molar-refractivity contribution in [1.82, 2.24) is 35.2 Å². The third kappa shape index (κ3) is 2.35. The fourth-order valence-electron chi connectivity index (χ4n) is 1.86. The predicted octanol–water partition coefficient (Wildman–Crippen LogP) is 0.357.